The summed E-state index contributed by atoms with van der Waals surface area (Å²) in [6.07, 6.45) is 2.84. The molecule has 1 heterocycles. The quantitative estimate of drug-likeness (QED) is 0.804. The highest BCUT2D eigenvalue weighted by Gasteiger charge is 2.15. The highest BCUT2D eigenvalue weighted by molar-refractivity contribution is 7.98. The minimum absolute atomic E-state index is 0.437. The minimum Gasteiger partial charge on any atom is -0.494 e. The zero-order chi connectivity index (χ0) is 12.8. The summed E-state index contributed by atoms with van der Waals surface area (Å²) in [4.78, 5) is 0. The maximum atomic E-state index is 5.83. The molecule has 1 aliphatic rings. The van der Waals surface area contributed by atoms with Gasteiger partial charge in [0.15, 0.2) is 0 Å². The van der Waals surface area contributed by atoms with E-state index < -0.39 is 0 Å². The van der Waals surface area contributed by atoms with Crippen LogP contribution in [0.25, 0.3) is 0 Å². The van der Waals surface area contributed by atoms with Crippen LogP contribution in [-0.4, -0.2) is 25.1 Å². The first-order valence-corrected chi connectivity index (χ1v) is 7.65. The molecule has 0 amide bonds. The maximum Gasteiger partial charge on any atom is 0.123 e. The van der Waals surface area contributed by atoms with E-state index in [0.717, 1.165) is 29.5 Å². The Balaban J connectivity index is 1.88. The van der Waals surface area contributed by atoms with E-state index in [1.54, 1.807) is 0 Å². The molecule has 0 spiro atoms. The van der Waals surface area contributed by atoms with Gasteiger partial charge in [0.2, 0.25) is 0 Å². The van der Waals surface area contributed by atoms with Crippen LogP contribution >= 0.6 is 11.8 Å². The molecule has 0 aromatic heterocycles. The fraction of sp³-hybridized carbons (Fsp3) is 0.571. The van der Waals surface area contributed by atoms with Gasteiger partial charge < -0.3 is 15.2 Å². The van der Waals surface area contributed by atoms with Gasteiger partial charge in [-0.3, -0.25) is 0 Å². The molecule has 1 aliphatic heterocycles. The van der Waals surface area contributed by atoms with Crippen molar-refractivity contribution in [2.75, 3.05) is 24.7 Å². The van der Waals surface area contributed by atoms with Crippen LogP contribution in [0.5, 0.6) is 5.75 Å². The first-order valence-electron chi connectivity index (χ1n) is 6.50. The molecule has 1 saturated heterocycles. The van der Waals surface area contributed by atoms with Crippen LogP contribution in [0.2, 0.25) is 0 Å². The molecule has 0 bridgehead atoms. The molecule has 1 aromatic carbocycles. The summed E-state index contributed by atoms with van der Waals surface area (Å²) in [6, 6.07) is 5.85. The second-order valence-electron chi connectivity index (χ2n) is 4.45. The Labute approximate surface area is 113 Å². The second kappa shape index (κ2) is 6.90. The molecular weight excluding hydrogens is 246 g/mol. The van der Waals surface area contributed by atoms with E-state index in [1.807, 2.05) is 36.9 Å². The number of ether oxygens (including phenoxy) is 2. The van der Waals surface area contributed by atoms with Crippen molar-refractivity contribution in [3.05, 3.63) is 23.8 Å². The standard InChI is InChI=1S/C14H21NO2S/c1-2-16-14-6-5-12(15)8-11(14)9-18-10-13-4-3-7-17-13/h5-6,8,13H,2-4,7,9-10,15H2,1H3. The van der Waals surface area contributed by atoms with E-state index >= 15 is 0 Å². The average Bonchev–Trinajstić information content (AvgIpc) is 2.86. The van der Waals surface area contributed by atoms with Crippen molar-refractivity contribution in [3.8, 4) is 5.75 Å². The summed E-state index contributed by atoms with van der Waals surface area (Å²) in [7, 11) is 0. The first-order chi connectivity index (χ1) is 8.79. The lowest BCUT2D eigenvalue weighted by Crippen LogP contribution is -2.08. The van der Waals surface area contributed by atoms with Gasteiger partial charge in [0.25, 0.3) is 0 Å². The van der Waals surface area contributed by atoms with E-state index in [0.29, 0.717) is 12.7 Å². The van der Waals surface area contributed by atoms with Crippen LogP contribution in [0, 0.1) is 0 Å². The van der Waals surface area contributed by atoms with Crippen molar-refractivity contribution in [2.24, 2.45) is 0 Å². The fourth-order valence-corrected chi connectivity index (χ4v) is 3.17. The van der Waals surface area contributed by atoms with Gasteiger partial charge in [-0.1, -0.05) is 0 Å². The highest BCUT2D eigenvalue weighted by Crippen LogP contribution is 2.27. The summed E-state index contributed by atoms with van der Waals surface area (Å²) in [5.41, 5.74) is 7.81. The maximum absolute atomic E-state index is 5.83. The number of hydrogen-bond acceptors (Lipinski definition) is 4. The van der Waals surface area contributed by atoms with Crippen molar-refractivity contribution in [3.63, 3.8) is 0 Å². The molecule has 1 unspecified atom stereocenters. The largest absolute Gasteiger partial charge is 0.494 e. The van der Waals surface area contributed by atoms with Crippen molar-refractivity contribution < 1.29 is 9.47 Å². The number of anilines is 1. The van der Waals surface area contributed by atoms with E-state index in [-0.39, 0.29) is 0 Å². The van der Waals surface area contributed by atoms with Crippen molar-refractivity contribution in [1.82, 2.24) is 0 Å². The summed E-state index contributed by atoms with van der Waals surface area (Å²) in [5, 5.41) is 0. The molecule has 0 aliphatic carbocycles. The third-order valence-electron chi connectivity index (χ3n) is 2.97. The number of rotatable bonds is 6. The van der Waals surface area contributed by atoms with Crippen LogP contribution in [0.15, 0.2) is 18.2 Å². The Morgan fingerprint density at radius 2 is 2.39 bits per heavy atom. The SMILES string of the molecule is CCOc1ccc(N)cc1CSCC1CCCO1. The van der Waals surface area contributed by atoms with E-state index in [4.69, 9.17) is 15.2 Å². The van der Waals surface area contributed by atoms with Gasteiger partial charge in [-0.2, -0.15) is 11.8 Å². The van der Waals surface area contributed by atoms with Crippen LogP contribution in [0.3, 0.4) is 0 Å². The molecule has 2 rings (SSSR count). The topological polar surface area (TPSA) is 44.5 Å². The van der Waals surface area contributed by atoms with Gasteiger partial charge in [0, 0.05) is 29.4 Å². The molecule has 4 heteroatoms. The minimum atomic E-state index is 0.437. The smallest absolute Gasteiger partial charge is 0.123 e. The lowest BCUT2D eigenvalue weighted by molar-refractivity contribution is 0.129. The first kappa shape index (κ1) is 13.6. The lowest BCUT2D eigenvalue weighted by Gasteiger charge is -2.12. The van der Waals surface area contributed by atoms with Gasteiger partial charge in [-0.25, -0.2) is 0 Å². The van der Waals surface area contributed by atoms with Crippen LogP contribution in [-0.2, 0) is 10.5 Å². The number of nitrogens with two attached hydrogens (primary N) is 1. The number of nitrogen functional groups attached to an aromatic ring is 1. The second-order valence-corrected chi connectivity index (χ2v) is 5.48. The molecule has 1 fully saturated rings. The van der Waals surface area contributed by atoms with Gasteiger partial charge in [0.1, 0.15) is 5.75 Å². The summed E-state index contributed by atoms with van der Waals surface area (Å²) in [5.74, 6) is 2.94. The summed E-state index contributed by atoms with van der Waals surface area (Å²) in [6.45, 7) is 3.61. The molecule has 0 radical (unpaired) electrons. The Hall–Kier alpha value is -0.870. The van der Waals surface area contributed by atoms with Crippen LogP contribution < -0.4 is 10.5 Å². The van der Waals surface area contributed by atoms with Crippen molar-refractivity contribution in [2.45, 2.75) is 31.6 Å². The zero-order valence-corrected chi connectivity index (χ0v) is 11.7. The molecule has 1 aromatic rings. The van der Waals surface area contributed by atoms with Gasteiger partial charge in [-0.05, 0) is 38.0 Å². The molecule has 1 atom stereocenters. The fourth-order valence-electron chi connectivity index (χ4n) is 2.08. The Morgan fingerprint density at radius 3 is 3.11 bits per heavy atom. The normalized spacial score (nSPS) is 19.1. The zero-order valence-electron chi connectivity index (χ0n) is 10.9. The molecule has 2 N–H and O–H groups in total. The predicted octanol–water partition coefficient (Wildman–Crippen LogP) is 3.08. The molecule has 18 heavy (non-hydrogen) atoms. The van der Waals surface area contributed by atoms with E-state index in [9.17, 15) is 0 Å². The van der Waals surface area contributed by atoms with Crippen LogP contribution in [0.4, 0.5) is 5.69 Å². The van der Waals surface area contributed by atoms with E-state index in [2.05, 4.69) is 0 Å². The molecule has 100 valence electrons. The van der Waals surface area contributed by atoms with Gasteiger partial charge >= 0.3 is 0 Å². The van der Waals surface area contributed by atoms with Gasteiger partial charge in [0.05, 0.1) is 12.7 Å². The lowest BCUT2D eigenvalue weighted by atomic mass is 10.2. The molecule has 3 nitrogen and oxygen atoms in total. The number of thioether (sulfide) groups is 1. The molecule has 0 saturated carbocycles. The number of benzene rings is 1. The molecular formula is C14H21NO2S. The third kappa shape index (κ3) is 3.82. The Kier molecular flexibility index (Phi) is 5.20. The van der Waals surface area contributed by atoms with Crippen molar-refractivity contribution in [1.29, 1.82) is 0 Å². The third-order valence-corrected chi connectivity index (χ3v) is 4.09. The number of hydrogen-bond donors (Lipinski definition) is 1. The Morgan fingerprint density at radius 1 is 1.50 bits per heavy atom. The van der Waals surface area contributed by atoms with E-state index in [1.165, 1.54) is 18.4 Å². The monoisotopic (exact) mass is 267 g/mol. The highest BCUT2D eigenvalue weighted by atomic mass is 32.2. The Bertz CT molecular complexity index is 378. The predicted molar refractivity (Wildman–Crippen MR) is 77.2 cm³/mol. The van der Waals surface area contributed by atoms with Crippen LogP contribution in [0.1, 0.15) is 25.3 Å². The summed E-state index contributed by atoms with van der Waals surface area (Å²) < 4.78 is 11.2. The average molecular weight is 267 g/mol. The summed E-state index contributed by atoms with van der Waals surface area (Å²) >= 11 is 1.89. The van der Waals surface area contributed by atoms with Crippen molar-refractivity contribution >= 4 is 17.4 Å². The van der Waals surface area contributed by atoms with Gasteiger partial charge in [-0.15, -0.1) is 0 Å².